The molecule has 39 heavy (non-hydrogen) atoms. The SMILES string of the molecule is Cc1cc(N2C(=S)NC(c3ccccn3)C2c2cccn2-c2cccc(C(F)(F)F)c2)ccc1NS(C)(=O)=O. The minimum Gasteiger partial charge on any atom is -0.351 e. The van der Waals surface area contributed by atoms with Gasteiger partial charge >= 0.3 is 6.18 Å². The summed E-state index contributed by atoms with van der Waals surface area (Å²) in [4.78, 5) is 6.40. The number of rotatable bonds is 6. The summed E-state index contributed by atoms with van der Waals surface area (Å²) in [5, 5.41) is 3.73. The third-order valence-corrected chi connectivity index (χ3v) is 7.32. The fourth-order valence-electron chi connectivity index (χ4n) is 4.75. The molecule has 7 nitrogen and oxygen atoms in total. The van der Waals surface area contributed by atoms with Crippen molar-refractivity contribution in [3.8, 4) is 5.69 Å². The Balaban J connectivity index is 1.64. The number of pyridine rings is 1. The number of sulfonamides is 1. The summed E-state index contributed by atoms with van der Waals surface area (Å²) in [5.41, 5.74) is 2.79. The maximum Gasteiger partial charge on any atom is 0.416 e. The van der Waals surface area contributed by atoms with Crippen LogP contribution in [0.5, 0.6) is 0 Å². The Morgan fingerprint density at radius 3 is 2.46 bits per heavy atom. The highest BCUT2D eigenvalue weighted by molar-refractivity contribution is 7.92. The Morgan fingerprint density at radius 2 is 1.79 bits per heavy atom. The van der Waals surface area contributed by atoms with Crippen LogP contribution in [0.25, 0.3) is 5.69 Å². The lowest BCUT2D eigenvalue weighted by Gasteiger charge is -2.29. The van der Waals surface area contributed by atoms with Gasteiger partial charge in [-0.25, -0.2) is 8.42 Å². The Kier molecular flexibility index (Phi) is 6.85. The van der Waals surface area contributed by atoms with Crippen LogP contribution in [0, 0.1) is 6.92 Å². The van der Waals surface area contributed by atoms with E-state index >= 15 is 0 Å². The molecule has 202 valence electrons. The average Bonchev–Trinajstić information content (AvgIpc) is 3.49. The van der Waals surface area contributed by atoms with E-state index in [0.717, 1.165) is 18.4 Å². The van der Waals surface area contributed by atoms with Crippen molar-refractivity contribution >= 4 is 38.7 Å². The van der Waals surface area contributed by atoms with Gasteiger partial charge in [-0.1, -0.05) is 12.1 Å². The molecule has 0 radical (unpaired) electrons. The van der Waals surface area contributed by atoms with Crippen LogP contribution in [0.3, 0.4) is 0 Å². The van der Waals surface area contributed by atoms with Gasteiger partial charge < -0.3 is 14.8 Å². The predicted molar refractivity (Wildman–Crippen MR) is 148 cm³/mol. The van der Waals surface area contributed by atoms with E-state index in [1.165, 1.54) is 6.07 Å². The Labute approximate surface area is 229 Å². The molecule has 2 aromatic heterocycles. The molecule has 1 saturated heterocycles. The summed E-state index contributed by atoms with van der Waals surface area (Å²) in [6, 6.07) is 18.6. The van der Waals surface area contributed by atoms with E-state index in [4.69, 9.17) is 12.2 Å². The van der Waals surface area contributed by atoms with E-state index < -0.39 is 33.8 Å². The van der Waals surface area contributed by atoms with Gasteiger partial charge in [0.25, 0.3) is 0 Å². The molecule has 5 rings (SSSR count). The Hall–Kier alpha value is -3.90. The first-order chi connectivity index (χ1) is 18.4. The molecular formula is C27H24F3N5O2S2. The van der Waals surface area contributed by atoms with Crippen molar-refractivity contribution in [3.63, 3.8) is 0 Å². The fraction of sp³-hybridized carbons (Fsp3) is 0.185. The van der Waals surface area contributed by atoms with Crippen molar-refractivity contribution in [2.75, 3.05) is 15.9 Å². The van der Waals surface area contributed by atoms with Crippen molar-refractivity contribution in [1.29, 1.82) is 0 Å². The zero-order valence-corrected chi connectivity index (χ0v) is 22.5. The third-order valence-electron chi connectivity index (χ3n) is 6.42. The van der Waals surface area contributed by atoms with E-state index in [1.54, 1.807) is 54.2 Å². The summed E-state index contributed by atoms with van der Waals surface area (Å²) in [6.07, 6.45) is -0.0252. The first kappa shape index (κ1) is 26.7. The average molecular weight is 572 g/mol. The van der Waals surface area contributed by atoms with Gasteiger partial charge in [-0.15, -0.1) is 0 Å². The quantitative estimate of drug-likeness (QED) is 0.287. The molecule has 0 bridgehead atoms. The maximum atomic E-state index is 13.5. The number of aryl methyl sites for hydroxylation is 1. The highest BCUT2D eigenvalue weighted by atomic mass is 32.2. The lowest BCUT2D eigenvalue weighted by Crippen LogP contribution is -2.30. The lowest BCUT2D eigenvalue weighted by atomic mass is 10.00. The topological polar surface area (TPSA) is 79.3 Å². The highest BCUT2D eigenvalue weighted by Crippen LogP contribution is 2.43. The first-order valence-electron chi connectivity index (χ1n) is 11.9. The predicted octanol–water partition coefficient (Wildman–Crippen LogP) is 5.75. The monoisotopic (exact) mass is 571 g/mol. The molecule has 0 saturated carbocycles. The molecule has 3 heterocycles. The molecule has 0 aliphatic carbocycles. The molecule has 2 aromatic carbocycles. The number of benzene rings is 2. The number of alkyl halides is 3. The lowest BCUT2D eigenvalue weighted by molar-refractivity contribution is -0.137. The molecule has 0 spiro atoms. The van der Waals surface area contributed by atoms with Gasteiger partial charge in [0.1, 0.15) is 6.04 Å². The van der Waals surface area contributed by atoms with Crippen LogP contribution in [0.1, 0.15) is 34.6 Å². The summed E-state index contributed by atoms with van der Waals surface area (Å²) < 4.78 is 68.3. The standard InChI is InChI=1S/C27H24F3N5O2S2/c1-17-15-20(11-12-21(17)33-39(2,36)37)35-25(24(32-26(35)38)22-9-3-4-13-31-22)23-10-6-14-34(23)19-8-5-7-18(16-19)27(28,29)30/h3-16,24-25,33H,1-2H3,(H,32,38). The molecule has 2 N–H and O–H groups in total. The second-order valence-electron chi connectivity index (χ2n) is 9.22. The van der Waals surface area contributed by atoms with E-state index in [0.29, 0.717) is 39.1 Å². The molecular weight excluding hydrogens is 547 g/mol. The minimum atomic E-state index is -4.48. The molecule has 12 heteroatoms. The first-order valence-corrected chi connectivity index (χ1v) is 14.2. The third kappa shape index (κ3) is 5.48. The van der Waals surface area contributed by atoms with Gasteiger partial charge in [-0.05, 0) is 85.4 Å². The Bertz CT molecular complexity index is 1640. The van der Waals surface area contributed by atoms with Gasteiger partial charge in [0.05, 0.1) is 29.2 Å². The van der Waals surface area contributed by atoms with Crippen LogP contribution in [-0.4, -0.2) is 29.3 Å². The van der Waals surface area contributed by atoms with Crippen LogP contribution >= 0.6 is 12.2 Å². The number of aromatic nitrogens is 2. The molecule has 1 aliphatic heterocycles. The number of hydrogen-bond acceptors (Lipinski definition) is 4. The van der Waals surface area contributed by atoms with Crippen LogP contribution in [0.4, 0.5) is 24.5 Å². The van der Waals surface area contributed by atoms with Crippen molar-refractivity contribution in [2.45, 2.75) is 25.2 Å². The molecule has 2 unspecified atom stereocenters. The zero-order chi connectivity index (χ0) is 27.9. The number of nitrogens with one attached hydrogen (secondary N) is 2. The zero-order valence-electron chi connectivity index (χ0n) is 20.8. The number of thiocarbonyl (C=S) groups is 1. The molecule has 0 amide bonds. The van der Waals surface area contributed by atoms with Crippen LogP contribution in [-0.2, 0) is 16.2 Å². The van der Waals surface area contributed by atoms with Gasteiger partial charge in [0, 0.05) is 29.5 Å². The molecule has 1 fully saturated rings. The summed E-state index contributed by atoms with van der Waals surface area (Å²) in [7, 11) is -3.48. The van der Waals surface area contributed by atoms with Crippen molar-refractivity contribution < 1.29 is 21.6 Å². The number of halogens is 3. The normalized spacial score (nSPS) is 17.8. The smallest absolute Gasteiger partial charge is 0.351 e. The van der Waals surface area contributed by atoms with Gasteiger partial charge in [0.15, 0.2) is 5.11 Å². The Morgan fingerprint density at radius 1 is 1.00 bits per heavy atom. The van der Waals surface area contributed by atoms with Crippen LogP contribution in [0.15, 0.2) is 85.2 Å². The molecule has 1 aliphatic rings. The second-order valence-corrected chi connectivity index (χ2v) is 11.4. The summed E-state index contributed by atoms with van der Waals surface area (Å²) >= 11 is 5.76. The van der Waals surface area contributed by atoms with Crippen LogP contribution in [0.2, 0.25) is 0 Å². The van der Waals surface area contributed by atoms with E-state index in [1.807, 2.05) is 29.2 Å². The highest BCUT2D eigenvalue weighted by Gasteiger charge is 2.42. The van der Waals surface area contributed by atoms with E-state index in [-0.39, 0.29) is 0 Å². The number of hydrogen-bond donors (Lipinski definition) is 2. The van der Waals surface area contributed by atoms with Gasteiger partial charge in [0.2, 0.25) is 10.0 Å². The maximum absolute atomic E-state index is 13.5. The second kappa shape index (κ2) is 10.0. The summed E-state index contributed by atoms with van der Waals surface area (Å²) in [6.45, 7) is 1.78. The van der Waals surface area contributed by atoms with E-state index in [9.17, 15) is 21.6 Å². The van der Waals surface area contributed by atoms with Crippen molar-refractivity contribution in [1.82, 2.24) is 14.9 Å². The van der Waals surface area contributed by atoms with Crippen molar-refractivity contribution in [2.24, 2.45) is 0 Å². The number of nitrogens with zero attached hydrogens (tertiary/aromatic N) is 3. The van der Waals surface area contributed by atoms with Gasteiger partial charge in [-0.3, -0.25) is 9.71 Å². The molecule has 2 atom stereocenters. The molecule has 4 aromatic rings. The largest absolute Gasteiger partial charge is 0.416 e. The van der Waals surface area contributed by atoms with Crippen molar-refractivity contribution in [3.05, 3.63) is 108 Å². The van der Waals surface area contributed by atoms with Crippen LogP contribution < -0.4 is 14.9 Å². The summed E-state index contributed by atoms with van der Waals surface area (Å²) in [5.74, 6) is 0. The fourth-order valence-corrected chi connectivity index (χ4v) is 5.72. The number of anilines is 2. The minimum absolute atomic E-state index is 0.353. The van der Waals surface area contributed by atoms with E-state index in [2.05, 4.69) is 15.0 Å². The van der Waals surface area contributed by atoms with Gasteiger partial charge in [-0.2, -0.15) is 13.2 Å².